The fourth-order valence-electron chi connectivity index (χ4n) is 2.71. The van der Waals surface area contributed by atoms with Gasteiger partial charge in [-0.15, -0.1) is 0 Å². The van der Waals surface area contributed by atoms with E-state index in [9.17, 15) is 4.79 Å². The molecule has 3 rings (SSSR count). The van der Waals surface area contributed by atoms with Gasteiger partial charge in [0.05, 0.1) is 5.71 Å². The molecule has 0 radical (unpaired) electrons. The average Bonchev–Trinajstić information content (AvgIpc) is 2.72. The number of hydrazone groups is 1. The number of carbonyl (C=O) groups excluding carboxylic acids is 1. The lowest BCUT2D eigenvalue weighted by molar-refractivity contribution is 0.0955. The van der Waals surface area contributed by atoms with E-state index in [0.29, 0.717) is 5.56 Å². The summed E-state index contributed by atoms with van der Waals surface area (Å²) < 4.78 is 0. The molecule has 0 aliphatic rings. The van der Waals surface area contributed by atoms with Crippen LogP contribution in [0, 0.1) is 0 Å². The number of anilines is 1. The quantitative estimate of drug-likeness (QED) is 0.537. The Bertz CT molecular complexity index is 928. The summed E-state index contributed by atoms with van der Waals surface area (Å²) in [6, 6.07) is 25.8. The van der Waals surface area contributed by atoms with Crippen molar-refractivity contribution in [3.63, 3.8) is 0 Å². The van der Waals surface area contributed by atoms with Crippen molar-refractivity contribution in [1.82, 2.24) is 5.43 Å². The minimum Gasteiger partial charge on any atom is -0.378 e. The van der Waals surface area contributed by atoms with Gasteiger partial charge in [-0.3, -0.25) is 4.79 Å². The Morgan fingerprint density at radius 2 is 1.33 bits per heavy atom. The molecule has 0 unspecified atom stereocenters. The first-order valence-corrected chi connectivity index (χ1v) is 8.82. The highest BCUT2D eigenvalue weighted by Gasteiger charge is 2.06. The summed E-state index contributed by atoms with van der Waals surface area (Å²) in [7, 11) is 3.93. The normalized spacial score (nSPS) is 11.1. The van der Waals surface area contributed by atoms with Crippen LogP contribution in [0.15, 0.2) is 84.0 Å². The highest BCUT2D eigenvalue weighted by Crippen LogP contribution is 2.19. The van der Waals surface area contributed by atoms with Crippen molar-refractivity contribution in [3.05, 3.63) is 90.0 Å². The minimum absolute atomic E-state index is 0.222. The highest BCUT2D eigenvalue weighted by molar-refractivity contribution is 6.01. The average molecular weight is 357 g/mol. The second-order valence-corrected chi connectivity index (χ2v) is 6.52. The predicted molar refractivity (Wildman–Crippen MR) is 112 cm³/mol. The Morgan fingerprint density at radius 3 is 1.93 bits per heavy atom. The second-order valence-electron chi connectivity index (χ2n) is 6.52. The first kappa shape index (κ1) is 18.4. The Kier molecular flexibility index (Phi) is 5.67. The molecular weight excluding hydrogens is 334 g/mol. The number of benzene rings is 3. The van der Waals surface area contributed by atoms with Crippen molar-refractivity contribution in [2.75, 3.05) is 19.0 Å². The molecule has 0 spiro atoms. The van der Waals surface area contributed by atoms with Crippen LogP contribution in [0.1, 0.15) is 22.8 Å². The molecule has 0 aliphatic heterocycles. The lowest BCUT2D eigenvalue weighted by Gasteiger charge is -2.12. The van der Waals surface area contributed by atoms with Gasteiger partial charge in [-0.25, -0.2) is 5.43 Å². The van der Waals surface area contributed by atoms with E-state index in [1.165, 1.54) is 5.56 Å². The molecule has 4 nitrogen and oxygen atoms in total. The van der Waals surface area contributed by atoms with Gasteiger partial charge < -0.3 is 4.90 Å². The summed E-state index contributed by atoms with van der Waals surface area (Å²) in [6.07, 6.45) is 0. The smallest absolute Gasteiger partial charge is 0.271 e. The number of rotatable bonds is 5. The fourth-order valence-corrected chi connectivity index (χ4v) is 2.71. The van der Waals surface area contributed by atoms with Crippen LogP contribution >= 0.6 is 0 Å². The molecule has 27 heavy (non-hydrogen) atoms. The Morgan fingerprint density at radius 1 is 0.778 bits per heavy atom. The molecule has 1 amide bonds. The zero-order valence-corrected chi connectivity index (χ0v) is 15.8. The summed E-state index contributed by atoms with van der Waals surface area (Å²) in [5.74, 6) is -0.222. The summed E-state index contributed by atoms with van der Waals surface area (Å²) in [5, 5.41) is 4.24. The van der Waals surface area contributed by atoms with Gasteiger partial charge in [-0.1, -0.05) is 54.6 Å². The van der Waals surface area contributed by atoms with Crippen molar-refractivity contribution < 1.29 is 4.79 Å². The van der Waals surface area contributed by atoms with E-state index < -0.39 is 0 Å². The number of nitrogens with zero attached hydrogens (tertiary/aromatic N) is 2. The predicted octanol–water partition coefficient (Wildman–Crippen LogP) is 4.57. The molecule has 0 fully saturated rings. The van der Waals surface area contributed by atoms with Crippen LogP contribution in [0.3, 0.4) is 0 Å². The van der Waals surface area contributed by atoms with E-state index in [2.05, 4.69) is 34.8 Å². The molecule has 0 saturated heterocycles. The van der Waals surface area contributed by atoms with Crippen molar-refractivity contribution in [2.24, 2.45) is 5.10 Å². The molecule has 4 heteroatoms. The molecule has 0 atom stereocenters. The maximum Gasteiger partial charge on any atom is 0.271 e. The van der Waals surface area contributed by atoms with Gasteiger partial charge in [0, 0.05) is 25.3 Å². The highest BCUT2D eigenvalue weighted by atomic mass is 16.2. The van der Waals surface area contributed by atoms with Gasteiger partial charge in [0.15, 0.2) is 0 Å². The number of amides is 1. The van der Waals surface area contributed by atoms with E-state index in [1.807, 2.05) is 68.4 Å². The lowest BCUT2D eigenvalue weighted by atomic mass is 10.0. The van der Waals surface area contributed by atoms with Gasteiger partial charge in [-0.05, 0) is 47.9 Å². The molecule has 0 aromatic heterocycles. The molecule has 3 aromatic carbocycles. The molecule has 3 aromatic rings. The van der Waals surface area contributed by atoms with Gasteiger partial charge in [-0.2, -0.15) is 5.10 Å². The summed E-state index contributed by atoms with van der Waals surface area (Å²) in [6.45, 7) is 1.88. The molecule has 0 bridgehead atoms. The zero-order chi connectivity index (χ0) is 19.2. The molecular formula is C23H23N3O. The lowest BCUT2D eigenvalue weighted by Crippen LogP contribution is -2.19. The van der Waals surface area contributed by atoms with Crippen LogP contribution in [-0.4, -0.2) is 25.7 Å². The van der Waals surface area contributed by atoms with Crippen molar-refractivity contribution in [3.8, 4) is 11.1 Å². The largest absolute Gasteiger partial charge is 0.378 e. The van der Waals surface area contributed by atoms with E-state index >= 15 is 0 Å². The van der Waals surface area contributed by atoms with Crippen molar-refractivity contribution in [1.29, 1.82) is 0 Å². The molecule has 0 aliphatic carbocycles. The SMILES string of the molecule is CC(=NNC(=O)c1ccc(N(C)C)cc1)c1ccc(-c2ccccc2)cc1. The van der Waals surface area contributed by atoms with Crippen LogP contribution in [-0.2, 0) is 0 Å². The number of hydrogen-bond acceptors (Lipinski definition) is 3. The van der Waals surface area contributed by atoms with Crippen LogP contribution in [0.25, 0.3) is 11.1 Å². The third-order valence-corrected chi connectivity index (χ3v) is 4.38. The monoisotopic (exact) mass is 357 g/mol. The summed E-state index contributed by atoms with van der Waals surface area (Å²) >= 11 is 0. The molecule has 0 saturated carbocycles. The third-order valence-electron chi connectivity index (χ3n) is 4.38. The molecule has 136 valence electrons. The van der Waals surface area contributed by atoms with E-state index in [0.717, 1.165) is 22.5 Å². The maximum absolute atomic E-state index is 12.3. The second kappa shape index (κ2) is 8.32. The zero-order valence-electron chi connectivity index (χ0n) is 15.8. The number of carbonyl (C=O) groups is 1. The van der Waals surface area contributed by atoms with Crippen LogP contribution in [0.5, 0.6) is 0 Å². The van der Waals surface area contributed by atoms with E-state index in [4.69, 9.17) is 0 Å². The topological polar surface area (TPSA) is 44.7 Å². The summed E-state index contributed by atoms with van der Waals surface area (Å²) in [5.41, 5.74) is 8.31. The van der Waals surface area contributed by atoms with Crippen molar-refractivity contribution >= 4 is 17.3 Å². The van der Waals surface area contributed by atoms with E-state index in [-0.39, 0.29) is 5.91 Å². The van der Waals surface area contributed by atoms with Gasteiger partial charge in [0.1, 0.15) is 0 Å². The number of nitrogens with one attached hydrogen (secondary N) is 1. The van der Waals surface area contributed by atoms with Gasteiger partial charge in [0.25, 0.3) is 5.91 Å². The first-order chi connectivity index (χ1) is 13.0. The maximum atomic E-state index is 12.3. The minimum atomic E-state index is -0.222. The van der Waals surface area contributed by atoms with Crippen LogP contribution < -0.4 is 10.3 Å². The van der Waals surface area contributed by atoms with Gasteiger partial charge >= 0.3 is 0 Å². The van der Waals surface area contributed by atoms with Gasteiger partial charge in [0.2, 0.25) is 0 Å². The Hall–Kier alpha value is -3.40. The standard InChI is InChI=1S/C23H23N3O/c1-17(18-9-11-20(12-10-18)19-7-5-4-6-8-19)24-25-23(27)21-13-15-22(16-14-21)26(2)3/h4-16H,1-3H3,(H,25,27). The first-order valence-electron chi connectivity index (χ1n) is 8.82. The number of hydrogen-bond donors (Lipinski definition) is 1. The van der Waals surface area contributed by atoms with Crippen molar-refractivity contribution in [2.45, 2.75) is 6.92 Å². The van der Waals surface area contributed by atoms with E-state index in [1.54, 1.807) is 12.1 Å². The third kappa shape index (κ3) is 4.61. The molecule has 1 N–H and O–H groups in total. The Balaban J connectivity index is 1.67. The Labute approximate surface area is 160 Å². The fraction of sp³-hybridized carbons (Fsp3) is 0.130. The summed E-state index contributed by atoms with van der Waals surface area (Å²) in [4.78, 5) is 14.3. The molecule has 0 heterocycles. The van der Waals surface area contributed by atoms with Crippen LogP contribution in [0.4, 0.5) is 5.69 Å². The van der Waals surface area contributed by atoms with Crippen LogP contribution in [0.2, 0.25) is 0 Å².